The fraction of sp³-hybridized carbons (Fsp3) is 0.174. The largest absolute Gasteiger partial charge is 0.494 e. The fourth-order valence-electron chi connectivity index (χ4n) is 2.90. The number of ether oxygens (including phenoxy) is 1. The molecular formula is C23H23ClN2O4S. The maximum absolute atomic E-state index is 12.9. The van der Waals surface area contributed by atoms with Crippen molar-refractivity contribution in [3.63, 3.8) is 0 Å². The van der Waals surface area contributed by atoms with E-state index in [4.69, 9.17) is 16.3 Å². The highest BCUT2D eigenvalue weighted by atomic mass is 35.5. The normalized spacial score (nSPS) is 11.1. The number of anilines is 2. The number of halogens is 1. The van der Waals surface area contributed by atoms with E-state index in [1.54, 1.807) is 36.4 Å². The summed E-state index contributed by atoms with van der Waals surface area (Å²) in [6.07, 6.45) is 0. The molecule has 0 atom stereocenters. The summed E-state index contributed by atoms with van der Waals surface area (Å²) in [7, 11) is -4.00. The van der Waals surface area contributed by atoms with Crippen LogP contribution < -0.4 is 14.8 Å². The molecule has 0 aliphatic carbocycles. The van der Waals surface area contributed by atoms with E-state index in [0.29, 0.717) is 23.7 Å². The minimum atomic E-state index is -4.00. The Morgan fingerprint density at radius 3 is 2.45 bits per heavy atom. The maximum Gasteiger partial charge on any atom is 0.263 e. The zero-order valence-corrected chi connectivity index (χ0v) is 19.0. The van der Waals surface area contributed by atoms with Crippen molar-refractivity contribution in [3.8, 4) is 5.75 Å². The van der Waals surface area contributed by atoms with Crippen LogP contribution in [0.1, 0.15) is 28.4 Å². The first-order valence-electron chi connectivity index (χ1n) is 9.63. The molecule has 8 heteroatoms. The van der Waals surface area contributed by atoms with E-state index >= 15 is 0 Å². The van der Waals surface area contributed by atoms with Crippen molar-refractivity contribution >= 4 is 38.9 Å². The van der Waals surface area contributed by atoms with Crippen molar-refractivity contribution < 1.29 is 17.9 Å². The number of carbonyl (C=O) groups is 1. The van der Waals surface area contributed by atoms with E-state index in [9.17, 15) is 13.2 Å². The molecule has 0 saturated carbocycles. The van der Waals surface area contributed by atoms with Gasteiger partial charge in [-0.1, -0.05) is 23.7 Å². The molecule has 0 bridgehead atoms. The molecule has 2 N–H and O–H groups in total. The van der Waals surface area contributed by atoms with Gasteiger partial charge in [0.25, 0.3) is 15.9 Å². The van der Waals surface area contributed by atoms with Gasteiger partial charge in [-0.25, -0.2) is 8.42 Å². The van der Waals surface area contributed by atoms with Gasteiger partial charge in [0.05, 0.1) is 11.6 Å². The smallest absolute Gasteiger partial charge is 0.263 e. The number of hydrogen-bond acceptors (Lipinski definition) is 4. The Kier molecular flexibility index (Phi) is 6.87. The summed E-state index contributed by atoms with van der Waals surface area (Å²) < 4.78 is 33.8. The second kappa shape index (κ2) is 9.41. The molecule has 0 radical (unpaired) electrons. The molecule has 3 aromatic carbocycles. The van der Waals surface area contributed by atoms with Crippen molar-refractivity contribution in [2.45, 2.75) is 25.7 Å². The molecule has 0 heterocycles. The summed E-state index contributed by atoms with van der Waals surface area (Å²) in [6.45, 7) is 6.21. The number of carbonyl (C=O) groups excluding carboxylic acids is 1. The predicted octanol–water partition coefficient (Wildman–Crippen LogP) is 5.41. The number of rotatable bonds is 7. The quantitative estimate of drug-likeness (QED) is 0.495. The van der Waals surface area contributed by atoms with Gasteiger partial charge < -0.3 is 10.1 Å². The highest BCUT2D eigenvalue weighted by molar-refractivity contribution is 7.92. The van der Waals surface area contributed by atoms with E-state index < -0.39 is 15.9 Å². The lowest BCUT2D eigenvalue weighted by Crippen LogP contribution is -2.16. The van der Waals surface area contributed by atoms with Gasteiger partial charge in [0.1, 0.15) is 10.6 Å². The van der Waals surface area contributed by atoms with Crippen LogP contribution in [0.15, 0.2) is 65.6 Å². The second-order valence-electron chi connectivity index (χ2n) is 6.96. The van der Waals surface area contributed by atoms with Crippen molar-refractivity contribution in [3.05, 3.63) is 82.4 Å². The molecule has 0 spiro atoms. The highest BCUT2D eigenvalue weighted by Crippen LogP contribution is 2.26. The summed E-state index contributed by atoms with van der Waals surface area (Å²) >= 11 is 6.16. The van der Waals surface area contributed by atoms with Crippen LogP contribution in [0.2, 0.25) is 5.02 Å². The molecule has 6 nitrogen and oxygen atoms in total. The van der Waals surface area contributed by atoms with Crippen LogP contribution in [0.3, 0.4) is 0 Å². The number of sulfonamides is 1. The average molecular weight is 459 g/mol. The van der Waals surface area contributed by atoms with E-state index in [1.165, 1.54) is 18.2 Å². The molecular weight excluding hydrogens is 436 g/mol. The standard InChI is InChI=1S/C23H23ClN2O4S/c1-4-30-20-7-5-6-18(14-20)25-23(27)17-9-11-21(24)22(13-17)31(28,29)26-19-10-8-15(2)16(3)12-19/h5-14,26H,4H2,1-3H3,(H,25,27). The van der Waals surface area contributed by atoms with E-state index in [-0.39, 0.29) is 15.5 Å². The van der Waals surface area contributed by atoms with Gasteiger partial charge >= 0.3 is 0 Å². The summed E-state index contributed by atoms with van der Waals surface area (Å²) in [5.41, 5.74) is 3.11. The third kappa shape index (κ3) is 5.57. The van der Waals surface area contributed by atoms with Crippen molar-refractivity contribution in [1.29, 1.82) is 0 Å². The topological polar surface area (TPSA) is 84.5 Å². The van der Waals surface area contributed by atoms with Crippen LogP contribution in [0.5, 0.6) is 5.75 Å². The number of benzene rings is 3. The molecule has 31 heavy (non-hydrogen) atoms. The Hall–Kier alpha value is -3.03. The molecule has 0 aromatic heterocycles. The van der Waals surface area contributed by atoms with Gasteiger partial charge in [-0.3, -0.25) is 9.52 Å². The van der Waals surface area contributed by atoms with Crippen molar-refractivity contribution in [2.75, 3.05) is 16.6 Å². The summed E-state index contributed by atoms with van der Waals surface area (Å²) in [4.78, 5) is 12.5. The predicted molar refractivity (Wildman–Crippen MR) is 124 cm³/mol. The lowest BCUT2D eigenvalue weighted by atomic mass is 10.1. The maximum atomic E-state index is 12.9. The summed E-state index contributed by atoms with van der Waals surface area (Å²) in [5, 5.41) is 2.76. The number of aryl methyl sites for hydroxylation is 2. The lowest BCUT2D eigenvalue weighted by Gasteiger charge is -2.13. The summed E-state index contributed by atoms with van der Waals surface area (Å²) in [6, 6.07) is 16.3. The van der Waals surface area contributed by atoms with Gasteiger partial charge in [0.15, 0.2) is 0 Å². The minimum Gasteiger partial charge on any atom is -0.494 e. The molecule has 162 valence electrons. The number of hydrogen-bond donors (Lipinski definition) is 2. The Bertz CT molecular complexity index is 1230. The van der Waals surface area contributed by atoms with Gasteiger partial charge in [-0.2, -0.15) is 0 Å². The molecule has 0 unspecified atom stereocenters. The summed E-state index contributed by atoms with van der Waals surface area (Å²) in [5.74, 6) is 0.158. The molecule has 3 rings (SSSR count). The number of nitrogens with one attached hydrogen (secondary N) is 2. The van der Waals surface area contributed by atoms with E-state index in [1.807, 2.05) is 26.8 Å². The Labute approximate surface area is 187 Å². The van der Waals surface area contributed by atoms with Crippen LogP contribution in [-0.4, -0.2) is 20.9 Å². The molecule has 0 aliphatic rings. The highest BCUT2D eigenvalue weighted by Gasteiger charge is 2.21. The second-order valence-corrected chi connectivity index (χ2v) is 9.02. The zero-order valence-electron chi connectivity index (χ0n) is 17.4. The first-order valence-corrected chi connectivity index (χ1v) is 11.5. The van der Waals surface area contributed by atoms with Crippen molar-refractivity contribution in [1.82, 2.24) is 0 Å². The SMILES string of the molecule is CCOc1cccc(NC(=O)c2ccc(Cl)c(S(=O)(=O)Nc3ccc(C)c(C)c3)c2)c1. The fourth-order valence-corrected chi connectivity index (χ4v) is 4.48. The van der Waals surface area contributed by atoms with Gasteiger partial charge in [0.2, 0.25) is 0 Å². The van der Waals surface area contributed by atoms with Crippen LogP contribution in [0.25, 0.3) is 0 Å². The number of amides is 1. The third-order valence-corrected chi connectivity index (χ3v) is 6.51. The van der Waals surface area contributed by atoms with Crippen LogP contribution in [-0.2, 0) is 10.0 Å². The lowest BCUT2D eigenvalue weighted by molar-refractivity contribution is 0.102. The average Bonchev–Trinajstić information content (AvgIpc) is 2.71. The van der Waals surface area contributed by atoms with E-state index in [2.05, 4.69) is 10.0 Å². The first kappa shape index (κ1) is 22.7. The molecule has 0 aliphatic heterocycles. The van der Waals surface area contributed by atoms with Crippen molar-refractivity contribution in [2.24, 2.45) is 0 Å². The van der Waals surface area contributed by atoms with E-state index in [0.717, 1.165) is 11.1 Å². The van der Waals surface area contributed by atoms with Crippen LogP contribution >= 0.6 is 11.6 Å². The van der Waals surface area contributed by atoms with Gasteiger partial charge in [0, 0.05) is 23.0 Å². The Morgan fingerprint density at radius 1 is 0.968 bits per heavy atom. The molecule has 0 fully saturated rings. The molecule has 3 aromatic rings. The monoisotopic (exact) mass is 458 g/mol. The van der Waals surface area contributed by atoms with Gasteiger partial charge in [-0.05, 0) is 74.4 Å². The molecule has 0 saturated heterocycles. The first-order chi connectivity index (χ1) is 14.7. The minimum absolute atomic E-state index is 0.0197. The van der Waals surface area contributed by atoms with Crippen LogP contribution in [0, 0.1) is 13.8 Å². The Balaban J connectivity index is 1.85. The van der Waals surface area contributed by atoms with Crippen LogP contribution in [0.4, 0.5) is 11.4 Å². The zero-order chi connectivity index (χ0) is 22.6. The van der Waals surface area contributed by atoms with Gasteiger partial charge in [-0.15, -0.1) is 0 Å². The Morgan fingerprint density at radius 2 is 1.74 bits per heavy atom. The third-order valence-electron chi connectivity index (χ3n) is 4.64. The molecule has 1 amide bonds.